The Labute approximate surface area is 198 Å². The summed E-state index contributed by atoms with van der Waals surface area (Å²) in [6.45, 7) is 3.55. The normalized spacial score (nSPS) is 16.7. The fourth-order valence-electron chi connectivity index (χ4n) is 4.36. The molecule has 3 aromatic rings. The molecule has 0 radical (unpaired) electrons. The molecule has 2 aromatic heterocycles. The van der Waals surface area contributed by atoms with Crippen LogP contribution < -0.4 is 5.32 Å². The molecule has 1 saturated carbocycles. The second kappa shape index (κ2) is 10.1. The van der Waals surface area contributed by atoms with Crippen LogP contribution in [-0.4, -0.2) is 46.2 Å². The summed E-state index contributed by atoms with van der Waals surface area (Å²) in [6, 6.07) is 11.6. The number of anilines is 1. The van der Waals surface area contributed by atoms with Gasteiger partial charge in [-0.2, -0.15) is 0 Å². The Balaban J connectivity index is 1.16. The molecule has 1 aromatic carbocycles. The first-order valence-electron chi connectivity index (χ1n) is 12.1. The summed E-state index contributed by atoms with van der Waals surface area (Å²) in [5, 5.41) is 3.50. The number of pyridine rings is 1. The smallest absolute Gasteiger partial charge is 0.229 e. The molecule has 1 N–H and O–H groups in total. The zero-order valence-electron chi connectivity index (χ0n) is 18.9. The lowest BCUT2D eigenvalue weighted by molar-refractivity contribution is -0.117. The van der Waals surface area contributed by atoms with Crippen molar-refractivity contribution in [3.8, 4) is 11.3 Å². The maximum Gasteiger partial charge on any atom is 0.229 e. The van der Waals surface area contributed by atoms with Crippen molar-refractivity contribution >= 4 is 38.5 Å². The Morgan fingerprint density at radius 2 is 1.76 bits per heavy atom. The quantitative estimate of drug-likeness (QED) is 0.333. The SMILES string of the molecule is O=C(CCCCN1CCCCC1)c1ccc(-c2ccc3nc(NC(=O)C4CC4)sc3n2)cc1. The molecule has 2 aliphatic rings. The molecule has 0 unspecified atom stereocenters. The average Bonchev–Trinajstić information content (AvgIpc) is 3.62. The van der Waals surface area contributed by atoms with Gasteiger partial charge in [-0.15, -0.1) is 0 Å². The number of hydrogen-bond acceptors (Lipinski definition) is 6. The molecule has 5 rings (SSSR count). The molecular formula is C26H30N4O2S. The van der Waals surface area contributed by atoms with E-state index in [2.05, 4.69) is 15.2 Å². The van der Waals surface area contributed by atoms with Crippen molar-refractivity contribution in [3.63, 3.8) is 0 Å². The maximum absolute atomic E-state index is 12.6. The first-order valence-corrected chi connectivity index (χ1v) is 12.9. The number of nitrogens with zero attached hydrogens (tertiary/aromatic N) is 3. The van der Waals surface area contributed by atoms with Gasteiger partial charge in [-0.3, -0.25) is 9.59 Å². The predicted molar refractivity (Wildman–Crippen MR) is 133 cm³/mol. The zero-order chi connectivity index (χ0) is 22.6. The summed E-state index contributed by atoms with van der Waals surface area (Å²) in [5.74, 6) is 0.416. The van der Waals surface area contributed by atoms with Gasteiger partial charge in [0.2, 0.25) is 5.91 Å². The van der Waals surface area contributed by atoms with Gasteiger partial charge < -0.3 is 10.2 Å². The number of Topliss-reactive ketones (excluding diaryl/α,β-unsaturated/α-hetero) is 1. The number of benzene rings is 1. The molecule has 2 fully saturated rings. The van der Waals surface area contributed by atoms with Crippen LogP contribution in [0.4, 0.5) is 5.13 Å². The van der Waals surface area contributed by atoms with E-state index in [9.17, 15) is 9.59 Å². The molecule has 0 bridgehead atoms. The van der Waals surface area contributed by atoms with Gasteiger partial charge >= 0.3 is 0 Å². The van der Waals surface area contributed by atoms with Gasteiger partial charge in [-0.05, 0) is 70.3 Å². The number of unbranched alkanes of at least 4 members (excludes halogenated alkanes) is 1. The summed E-state index contributed by atoms with van der Waals surface area (Å²) in [4.78, 5) is 37.1. The van der Waals surface area contributed by atoms with Gasteiger partial charge in [-0.1, -0.05) is 42.0 Å². The number of hydrogen-bond donors (Lipinski definition) is 1. The lowest BCUT2D eigenvalue weighted by atomic mass is 10.0. The number of rotatable bonds is 9. The molecule has 1 aliphatic heterocycles. The number of fused-ring (bicyclic) bond motifs is 1. The molecule has 33 heavy (non-hydrogen) atoms. The van der Waals surface area contributed by atoms with Gasteiger partial charge in [0.1, 0.15) is 10.3 Å². The van der Waals surface area contributed by atoms with Crippen LogP contribution in [-0.2, 0) is 4.79 Å². The molecule has 1 aliphatic carbocycles. The van der Waals surface area contributed by atoms with Crippen LogP contribution in [0.3, 0.4) is 0 Å². The summed E-state index contributed by atoms with van der Waals surface area (Å²) < 4.78 is 0. The predicted octanol–water partition coefficient (Wildman–Crippen LogP) is 5.55. The van der Waals surface area contributed by atoms with Crippen molar-refractivity contribution in [2.45, 2.75) is 51.4 Å². The van der Waals surface area contributed by atoms with Gasteiger partial charge in [0.05, 0.1) is 5.69 Å². The van der Waals surface area contributed by atoms with Gasteiger partial charge in [0.15, 0.2) is 10.9 Å². The monoisotopic (exact) mass is 462 g/mol. The van der Waals surface area contributed by atoms with E-state index < -0.39 is 0 Å². The van der Waals surface area contributed by atoms with Crippen molar-refractivity contribution < 1.29 is 9.59 Å². The van der Waals surface area contributed by atoms with E-state index in [1.165, 1.54) is 43.7 Å². The number of carbonyl (C=O) groups excluding carboxylic acids is 2. The van der Waals surface area contributed by atoms with Crippen LogP contribution in [0.15, 0.2) is 36.4 Å². The fraction of sp³-hybridized carbons (Fsp3) is 0.462. The number of ketones is 1. The summed E-state index contributed by atoms with van der Waals surface area (Å²) in [6.07, 6.45) is 8.56. The summed E-state index contributed by atoms with van der Waals surface area (Å²) >= 11 is 1.40. The Kier molecular flexibility index (Phi) is 6.78. The highest BCUT2D eigenvalue weighted by atomic mass is 32.1. The average molecular weight is 463 g/mol. The first-order chi connectivity index (χ1) is 16.2. The zero-order valence-corrected chi connectivity index (χ0v) is 19.7. The van der Waals surface area contributed by atoms with E-state index in [1.54, 1.807) is 0 Å². The second-order valence-electron chi connectivity index (χ2n) is 9.16. The van der Waals surface area contributed by atoms with Gasteiger partial charge in [0, 0.05) is 23.5 Å². The summed E-state index contributed by atoms with van der Waals surface area (Å²) in [5.41, 5.74) is 3.36. The Bertz CT molecular complexity index is 1130. The standard InChI is InChI=1S/C26H30N4O2S/c31-23(6-2-5-17-30-15-3-1-4-16-30)19-9-7-18(8-10-19)21-13-14-22-25(27-21)33-26(28-22)29-24(32)20-11-12-20/h7-10,13-14,20H,1-6,11-12,15-17H2,(H,28,29,32). The van der Waals surface area contributed by atoms with Crippen molar-refractivity contribution in [2.24, 2.45) is 5.92 Å². The van der Waals surface area contributed by atoms with Crippen LogP contribution in [0.5, 0.6) is 0 Å². The summed E-state index contributed by atoms with van der Waals surface area (Å²) in [7, 11) is 0. The minimum Gasteiger partial charge on any atom is -0.303 e. The molecule has 0 spiro atoms. The van der Waals surface area contributed by atoms with Crippen LogP contribution in [0, 0.1) is 5.92 Å². The number of thiazole rings is 1. The molecular weight excluding hydrogens is 432 g/mol. The maximum atomic E-state index is 12.6. The third kappa shape index (κ3) is 5.65. The Morgan fingerprint density at radius 1 is 0.970 bits per heavy atom. The number of amides is 1. The first kappa shape index (κ1) is 22.2. The molecule has 7 heteroatoms. The molecule has 6 nitrogen and oxygen atoms in total. The highest BCUT2D eigenvalue weighted by molar-refractivity contribution is 7.22. The van der Waals surface area contributed by atoms with E-state index >= 15 is 0 Å². The lowest BCUT2D eigenvalue weighted by Gasteiger charge is -2.26. The second-order valence-corrected chi connectivity index (χ2v) is 10.1. The van der Waals surface area contributed by atoms with Crippen molar-refractivity contribution in [1.82, 2.24) is 14.9 Å². The Morgan fingerprint density at radius 3 is 2.52 bits per heavy atom. The number of piperidine rings is 1. The van der Waals surface area contributed by atoms with Gasteiger partial charge in [0.25, 0.3) is 0 Å². The van der Waals surface area contributed by atoms with Crippen molar-refractivity contribution in [2.75, 3.05) is 25.0 Å². The van der Waals surface area contributed by atoms with E-state index in [-0.39, 0.29) is 17.6 Å². The molecule has 0 atom stereocenters. The van der Waals surface area contributed by atoms with E-state index in [0.29, 0.717) is 11.6 Å². The minimum absolute atomic E-state index is 0.0565. The number of aromatic nitrogens is 2. The topological polar surface area (TPSA) is 75.2 Å². The Hall–Kier alpha value is -2.64. The van der Waals surface area contributed by atoms with Gasteiger partial charge in [-0.25, -0.2) is 9.97 Å². The van der Waals surface area contributed by atoms with Crippen LogP contribution in [0.2, 0.25) is 0 Å². The van der Waals surface area contributed by atoms with Crippen molar-refractivity contribution in [3.05, 3.63) is 42.0 Å². The molecule has 3 heterocycles. The largest absolute Gasteiger partial charge is 0.303 e. The molecule has 1 amide bonds. The number of nitrogens with one attached hydrogen (secondary N) is 1. The molecule has 172 valence electrons. The third-order valence-electron chi connectivity index (χ3n) is 6.51. The number of likely N-dealkylation sites (tertiary alicyclic amines) is 1. The molecule has 1 saturated heterocycles. The highest BCUT2D eigenvalue weighted by Gasteiger charge is 2.30. The highest BCUT2D eigenvalue weighted by Crippen LogP contribution is 2.32. The van der Waals surface area contributed by atoms with Crippen LogP contribution in [0.1, 0.15) is 61.7 Å². The fourth-order valence-corrected chi connectivity index (χ4v) is 5.20. The number of carbonyl (C=O) groups is 2. The van der Waals surface area contributed by atoms with Crippen LogP contribution in [0.25, 0.3) is 21.6 Å². The van der Waals surface area contributed by atoms with E-state index in [0.717, 1.165) is 59.4 Å². The van der Waals surface area contributed by atoms with E-state index in [1.807, 2.05) is 36.4 Å². The van der Waals surface area contributed by atoms with Crippen LogP contribution >= 0.6 is 11.3 Å². The van der Waals surface area contributed by atoms with Crippen molar-refractivity contribution in [1.29, 1.82) is 0 Å². The third-order valence-corrected chi connectivity index (χ3v) is 7.39. The minimum atomic E-state index is 0.0565. The lowest BCUT2D eigenvalue weighted by Crippen LogP contribution is -2.30. The van der Waals surface area contributed by atoms with E-state index in [4.69, 9.17) is 4.98 Å².